The lowest BCUT2D eigenvalue weighted by molar-refractivity contribution is 0.549. The smallest absolute Gasteiger partial charge is 0.0726 e. The molecule has 2 rings (SSSR count). The second-order valence-electron chi connectivity index (χ2n) is 5.23. The summed E-state index contributed by atoms with van der Waals surface area (Å²) < 4.78 is 0. The predicted octanol–water partition coefficient (Wildman–Crippen LogP) is 3.41. The minimum Gasteiger partial charge on any atom is -0.385 e. The van der Waals surface area contributed by atoms with Crippen molar-refractivity contribution in [2.75, 3.05) is 18.4 Å². The van der Waals surface area contributed by atoms with Crippen LogP contribution < -0.4 is 10.6 Å². The summed E-state index contributed by atoms with van der Waals surface area (Å²) >= 11 is 0. The molecule has 2 N–H and O–H groups in total. The fourth-order valence-electron chi connectivity index (χ4n) is 2.15. The zero-order valence-electron chi connectivity index (χ0n) is 12.0. The lowest BCUT2D eigenvalue weighted by Crippen LogP contribution is -2.19. The topological polar surface area (TPSA) is 37.0 Å². The summed E-state index contributed by atoms with van der Waals surface area (Å²) in [6.45, 7) is 9.31. The SMILES string of the molecule is CCNc1cc(CNCC(C)C)nc2ccccc12. The Hall–Kier alpha value is -1.61. The molecule has 0 saturated carbocycles. The van der Waals surface area contributed by atoms with Crippen molar-refractivity contribution in [2.45, 2.75) is 27.3 Å². The fourth-order valence-corrected chi connectivity index (χ4v) is 2.15. The zero-order chi connectivity index (χ0) is 13.7. The van der Waals surface area contributed by atoms with E-state index in [1.165, 1.54) is 11.1 Å². The highest BCUT2D eigenvalue weighted by Crippen LogP contribution is 2.22. The van der Waals surface area contributed by atoms with Crippen molar-refractivity contribution in [2.24, 2.45) is 5.92 Å². The van der Waals surface area contributed by atoms with Gasteiger partial charge in [0.1, 0.15) is 0 Å². The Balaban J connectivity index is 2.24. The standard InChI is InChI=1S/C16H23N3/c1-4-18-16-9-13(11-17-10-12(2)3)19-15-8-6-5-7-14(15)16/h5-9,12,17H,4,10-11H2,1-3H3,(H,18,19). The van der Waals surface area contributed by atoms with Crippen molar-refractivity contribution in [3.8, 4) is 0 Å². The van der Waals surface area contributed by atoms with Gasteiger partial charge in [0.15, 0.2) is 0 Å². The number of pyridine rings is 1. The van der Waals surface area contributed by atoms with E-state index < -0.39 is 0 Å². The molecule has 0 unspecified atom stereocenters. The maximum atomic E-state index is 4.71. The highest BCUT2D eigenvalue weighted by atomic mass is 14.9. The van der Waals surface area contributed by atoms with Gasteiger partial charge < -0.3 is 10.6 Å². The van der Waals surface area contributed by atoms with E-state index in [9.17, 15) is 0 Å². The Morgan fingerprint density at radius 1 is 1.21 bits per heavy atom. The molecule has 0 saturated heterocycles. The summed E-state index contributed by atoms with van der Waals surface area (Å²) in [6.07, 6.45) is 0. The molecule has 19 heavy (non-hydrogen) atoms. The molecular weight excluding hydrogens is 234 g/mol. The summed E-state index contributed by atoms with van der Waals surface area (Å²) in [5.74, 6) is 0.661. The molecule has 0 amide bonds. The predicted molar refractivity (Wildman–Crippen MR) is 82.5 cm³/mol. The van der Waals surface area contributed by atoms with Crippen LogP contribution in [0.1, 0.15) is 26.5 Å². The molecule has 0 aliphatic rings. The number of fused-ring (bicyclic) bond motifs is 1. The van der Waals surface area contributed by atoms with E-state index in [4.69, 9.17) is 4.98 Å². The number of rotatable bonds is 6. The van der Waals surface area contributed by atoms with Crippen LogP contribution in [0.15, 0.2) is 30.3 Å². The number of aromatic nitrogens is 1. The Kier molecular flexibility index (Phi) is 4.74. The number of nitrogens with zero attached hydrogens (tertiary/aromatic N) is 1. The van der Waals surface area contributed by atoms with Gasteiger partial charge in [0.2, 0.25) is 0 Å². The summed E-state index contributed by atoms with van der Waals surface area (Å²) in [5, 5.41) is 8.06. The van der Waals surface area contributed by atoms with Gasteiger partial charge >= 0.3 is 0 Å². The first-order valence-corrected chi connectivity index (χ1v) is 7.04. The molecule has 102 valence electrons. The molecule has 3 heteroatoms. The fraction of sp³-hybridized carbons (Fsp3) is 0.438. The van der Waals surface area contributed by atoms with Crippen molar-refractivity contribution in [1.29, 1.82) is 0 Å². The first-order chi connectivity index (χ1) is 9.20. The third-order valence-electron chi connectivity index (χ3n) is 3.00. The van der Waals surface area contributed by atoms with Gasteiger partial charge in [-0.2, -0.15) is 0 Å². The number of anilines is 1. The van der Waals surface area contributed by atoms with E-state index in [-0.39, 0.29) is 0 Å². The molecule has 1 aromatic heterocycles. The zero-order valence-corrected chi connectivity index (χ0v) is 12.0. The normalized spacial score (nSPS) is 11.2. The quantitative estimate of drug-likeness (QED) is 0.832. The van der Waals surface area contributed by atoms with E-state index in [0.29, 0.717) is 5.92 Å². The highest BCUT2D eigenvalue weighted by molar-refractivity contribution is 5.91. The van der Waals surface area contributed by atoms with Crippen molar-refractivity contribution in [3.63, 3.8) is 0 Å². The molecule has 0 aliphatic heterocycles. The Bertz CT molecular complexity index is 535. The summed E-state index contributed by atoms with van der Waals surface area (Å²) in [5.41, 5.74) is 3.33. The average Bonchev–Trinajstić information content (AvgIpc) is 2.39. The number of hydrogen-bond acceptors (Lipinski definition) is 3. The van der Waals surface area contributed by atoms with Crippen LogP contribution in [-0.4, -0.2) is 18.1 Å². The van der Waals surface area contributed by atoms with Gasteiger partial charge in [-0.3, -0.25) is 4.98 Å². The maximum Gasteiger partial charge on any atom is 0.0726 e. The van der Waals surface area contributed by atoms with E-state index >= 15 is 0 Å². The minimum atomic E-state index is 0.661. The van der Waals surface area contributed by atoms with Gasteiger partial charge in [0, 0.05) is 24.2 Å². The van der Waals surface area contributed by atoms with E-state index in [0.717, 1.165) is 30.8 Å². The third kappa shape index (κ3) is 3.67. The number of hydrogen-bond donors (Lipinski definition) is 2. The van der Waals surface area contributed by atoms with Crippen molar-refractivity contribution < 1.29 is 0 Å². The van der Waals surface area contributed by atoms with Crippen LogP contribution in [0.3, 0.4) is 0 Å². The molecule has 0 aliphatic carbocycles. The largest absolute Gasteiger partial charge is 0.385 e. The lowest BCUT2D eigenvalue weighted by Gasteiger charge is -2.12. The van der Waals surface area contributed by atoms with Crippen LogP contribution in [-0.2, 0) is 6.54 Å². The third-order valence-corrected chi connectivity index (χ3v) is 3.00. The molecular formula is C16H23N3. The monoisotopic (exact) mass is 257 g/mol. The van der Waals surface area contributed by atoms with Crippen molar-refractivity contribution in [1.82, 2.24) is 10.3 Å². The summed E-state index contributed by atoms with van der Waals surface area (Å²) in [7, 11) is 0. The van der Waals surface area contributed by atoms with Gasteiger partial charge in [-0.05, 0) is 31.5 Å². The number of benzene rings is 1. The molecule has 0 fully saturated rings. The molecule has 2 aromatic rings. The molecule has 1 aromatic carbocycles. The molecule has 0 atom stereocenters. The average molecular weight is 257 g/mol. The van der Waals surface area contributed by atoms with Gasteiger partial charge in [-0.25, -0.2) is 0 Å². The number of nitrogens with one attached hydrogen (secondary N) is 2. The maximum absolute atomic E-state index is 4.71. The van der Waals surface area contributed by atoms with Crippen LogP contribution in [0.2, 0.25) is 0 Å². The molecule has 0 radical (unpaired) electrons. The molecule has 0 spiro atoms. The Morgan fingerprint density at radius 3 is 2.74 bits per heavy atom. The van der Waals surface area contributed by atoms with Crippen molar-refractivity contribution >= 4 is 16.6 Å². The summed E-state index contributed by atoms with van der Waals surface area (Å²) in [6, 6.07) is 10.4. The van der Waals surface area contributed by atoms with Gasteiger partial charge in [0.25, 0.3) is 0 Å². The van der Waals surface area contributed by atoms with Gasteiger partial charge in [0.05, 0.1) is 11.2 Å². The minimum absolute atomic E-state index is 0.661. The van der Waals surface area contributed by atoms with Crippen LogP contribution in [0.4, 0.5) is 5.69 Å². The Labute approximate surface area is 115 Å². The van der Waals surface area contributed by atoms with E-state index in [1.807, 2.05) is 6.07 Å². The first kappa shape index (κ1) is 13.8. The van der Waals surface area contributed by atoms with Crippen LogP contribution in [0, 0.1) is 5.92 Å². The Morgan fingerprint density at radius 2 is 2.00 bits per heavy atom. The van der Waals surface area contributed by atoms with Crippen LogP contribution >= 0.6 is 0 Å². The van der Waals surface area contributed by atoms with Gasteiger partial charge in [-0.1, -0.05) is 32.0 Å². The van der Waals surface area contributed by atoms with Crippen molar-refractivity contribution in [3.05, 3.63) is 36.0 Å². The first-order valence-electron chi connectivity index (χ1n) is 7.04. The molecule has 0 bridgehead atoms. The lowest BCUT2D eigenvalue weighted by atomic mass is 10.1. The molecule has 1 heterocycles. The van der Waals surface area contributed by atoms with Gasteiger partial charge in [-0.15, -0.1) is 0 Å². The number of para-hydroxylation sites is 1. The highest BCUT2D eigenvalue weighted by Gasteiger charge is 2.05. The van der Waals surface area contributed by atoms with E-state index in [2.05, 4.69) is 55.7 Å². The van der Waals surface area contributed by atoms with E-state index in [1.54, 1.807) is 0 Å². The van der Waals surface area contributed by atoms with Crippen LogP contribution in [0.5, 0.6) is 0 Å². The second kappa shape index (κ2) is 6.53. The summed E-state index contributed by atoms with van der Waals surface area (Å²) in [4.78, 5) is 4.71. The van der Waals surface area contributed by atoms with Crippen LogP contribution in [0.25, 0.3) is 10.9 Å². The molecule has 3 nitrogen and oxygen atoms in total. The second-order valence-corrected chi connectivity index (χ2v) is 5.23.